The van der Waals surface area contributed by atoms with Gasteiger partial charge in [0.05, 0.1) is 0 Å². The van der Waals surface area contributed by atoms with Gasteiger partial charge in [0.15, 0.2) is 0 Å². The molecule has 0 aliphatic carbocycles. The van der Waals surface area contributed by atoms with E-state index >= 15 is 0 Å². The highest BCUT2D eigenvalue weighted by atomic mass is 19.4. The maximum absolute atomic E-state index is 12.0. The van der Waals surface area contributed by atoms with E-state index in [4.69, 9.17) is 0 Å². The minimum atomic E-state index is -5.84. The van der Waals surface area contributed by atoms with Crippen molar-refractivity contribution in [1.29, 1.82) is 0 Å². The van der Waals surface area contributed by atoms with Crippen LogP contribution in [0.1, 0.15) is 0 Å². The first-order chi connectivity index (χ1) is 6.48. The Morgan fingerprint density at radius 2 is 1.33 bits per heavy atom. The van der Waals surface area contributed by atoms with Crippen molar-refractivity contribution in [2.45, 2.75) is 12.3 Å². The van der Waals surface area contributed by atoms with Crippen LogP contribution in [0.5, 0.6) is 0 Å². The Balaban J connectivity index is 4.82. The molecule has 0 spiro atoms. The third-order valence-corrected chi connectivity index (χ3v) is 0.874. The van der Waals surface area contributed by atoms with Gasteiger partial charge >= 0.3 is 24.3 Å². The number of hydrogen-bond acceptors (Lipinski definition) is 2. The molecule has 0 aliphatic rings. The summed E-state index contributed by atoms with van der Waals surface area (Å²) in [5.41, 5.74) is 0. The number of carbonyl (C=O) groups excluding carboxylic acids is 1. The average molecular weight is 244 g/mol. The first kappa shape index (κ1) is 13.7. The van der Waals surface area contributed by atoms with Gasteiger partial charge in [-0.3, -0.25) is 0 Å². The van der Waals surface area contributed by atoms with Gasteiger partial charge < -0.3 is 4.74 Å². The van der Waals surface area contributed by atoms with E-state index in [9.17, 15) is 39.9 Å². The molecule has 0 aromatic rings. The largest absolute Gasteiger partial charge is 0.491 e. The average Bonchev–Trinajstić information content (AvgIpc) is 2.00. The van der Waals surface area contributed by atoms with Crippen LogP contribution in [-0.4, -0.2) is 18.3 Å². The fraction of sp³-hybridized carbons (Fsp3) is 0.400. The van der Waals surface area contributed by atoms with Crippen molar-refractivity contribution in [3.05, 3.63) is 11.9 Å². The summed E-state index contributed by atoms with van der Waals surface area (Å²) in [6.45, 7) is 0. The summed E-state index contributed by atoms with van der Waals surface area (Å²) in [4.78, 5) is 9.75. The monoisotopic (exact) mass is 244 g/mol. The van der Waals surface area contributed by atoms with E-state index in [1.807, 2.05) is 0 Å². The first-order valence-electron chi connectivity index (χ1n) is 2.87. The van der Waals surface area contributed by atoms with Gasteiger partial charge in [0.1, 0.15) is 0 Å². The molecule has 2 nitrogen and oxygen atoms in total. The lowest BCUT2D eigenvalue weighted by molar-refractivity contribution is -0.256. The number of alkyl halides is 5. The summed E-state index contributed by atoms with van der Waals surface area (Å²) in [5, 5.41) is 0. The van der Waals surface area contributed by atoms with Gasteiger partial charge in [-0.2, -0.15) is 35.1 Å². The lowest BCUT2D eigenvalue weighted by Gasteiger charge is -2.14. The number of carbonyl (C=O) groups is 1. The summed E-state index contributed by atoms with van der Waals surface area (Å²) in [5.74, 6) is -7.04. The van der Waals surface area contributed by atoms with Crippen LogP contribution >= 0.6 is 0 Å². The highest BCUT2D eigenvalue weighted by Gasteiger charge is 2.51. The molecule has 0 heterocycles. The van der Waals surface area contributed by atoms with Gasteiger partial charge in [-0.15, -0.1) is 0 Å². The van der Waals surface area contributed by atoms with Crippen molar-refractivity contribution in [3.8, 4) is 0 Å². The van der Waals surface area contributed by atoms with Crippen molar-refractivity contribution in [2.75, 3.05) is 0 Å². The third-order valence-electron chi connectivity index (χ3n) is 0.874. The first-order valence-corrected chi connectivity index (χ1v) is 2.87. The number of hydrogen-bond donors (Lipinski definition) is 0. The normalized spacial score (nSPS) is 12.3. The number of halogens is 8. The fourth-order valence-corrected chi connectivity index (χ4v) is 0.329. The molecule has 10 heteroatoms. The van der Waals surface area contributed by atoms with Crippen molar-refractivity contribution in [2.24, 2.45) is 0 Å². The number of esters is 1. The second-order valence-corrected chi connectivity index (χ2v) is 1.98. The molecule has 0 aromatic carbocycles. The number of rotatable bonds is 2. The summed E-state index contributed by atoms with van der Waals surface area (Å²) < 4.78 is 94.4. The molecule has 0 fully saturated rings. The Labute approximate surface area is 76.1 Å². The topological polar surface area (TPSA) is 26.3 Å². The highest BCUT2D eigenvalue weighted by Crippen LogP contribution is 2.32. The Morgan fingerprint density at radius 1 is 0.933 bits per heavy atom. The zero-order valence-electron chi connectivity index (χ0n) is 6.34. The summed E-state index contributed by atoms with van der Waals surface area (Å²) in [6, 6.07) is 0. The quantitative estimate of drug-likeness (QED) is 0.551. The second kappa shape index (κ2) is 4.03. The van der Waals surface area contributed by atoms with E-state index in [2.05, 4.69) is 4.74 Å². The molecule has 15 heavy (non-hydrogen) atoms. The zero-order valence-corrected chi connectivity index (χ0v) is 6.34. The van der Waals surface area contributed by atoms with E-state index < -0.39 is 30.2 Å². The van der Waals surface area contributed by atoms with Gasteiger partial charge in [-0.1, -0.05) is 0 Å². The molecule has 0 N–H and O–H groups in total. The van der Waals surface area contributed by atoms with Gasteiger partial charge in [-0.05, 0) is 0 Å². The molecule has 0 aromatic heterocycles. The third kappa shape index (κ3) is 3.72. The van der Waals surface area contributed by atoms with Crippen LogP contribution in [0.25, 0.3) is 0 Å². The molecule has 0 amide bonds. The Morgan fingerprint density at radius 3 is 1.60 bits per heavy atom. The van der Waals surface area contributed by atoms with Gasteiger partial charge in [0.25, 0.3) is 5.83 Å². The molecule has 0 bridgehead atoms. The summed E-state index contributed by atoms with van der Waals surface area (Å²) >= 11 is 0. The minimum Gasteiger partial charge on any atom is -0.388 e. The molecular formula is C5F8O2. The predicted molar refractivity (Wildman–Crippen MR) is 27.4 cm³/mol. The standard InChI is InChI=1S/C5F8O2/c6-1(2(7)8)5(12,13)15-3(14)4(9,10)11. The molecular weight excluding hydrogens is 244 g/mol. The van der Waals surface area contributed by atoms with Crippen molar-refractivity contribution in [3.63, 3.8) is 0 Å². The molecule has 0 atom stereocenters. The van der Waals surface area contributed by atoms with Crippen LogP contribution in [-0.2, 0) is 9.53 Å². The van der Waals surface area contributed by atoms with Gasteiger partial charge in [0, 0.05) is 0 Å². The molecule has 88 valence electrons. The summed E-state index contributed by atoms with van der Waals surface area (Å²) in [7, 11) is 0. The lowest BCUT2D eigenvalue weighted by Crippen LogP contribution is -2.34. The van der Waals surface area contributed by atoms with Crippen LogP contribution in [0, 0.1) is 0 Å². The molecule has 0 aliphatic heterocycles. The zero-order chi connectivity index (χ0) is 12.4. The van der Waals surface area contributed by atoms with E-state index in [0.29, 0.717) is 0 Å². The van der Waals surface area contributed by atoms with Crippen LogP contribution < -0.4 is 0 Å². The fourth-order valence-electron chi connectivity index (χ4n) is 0.329. The SMILES string of the molecule is O=C(OC(F)(F)C(F)=C(F)F)C(F)(F)F. The minimum absolute atomic E-state index is 2.22. The molecule has 0 rings (SSSR count). The van der Waals surface area contributed by atoms with Crippen molar-refractivity contribution in [1.82, 2.24) is 0 Å². The van der Waals surface area contributed by atoms with Crippen molar-refractivity contribution >= 4 is 5.97 Å². The van der Waals surface area contributed by atoms with Crippen LogP contribution in [0.3, 0.4) is 0 Å². The van der Waals surface area contributed by atoms with E-state index in [1.165, 1.54) is 0 Å². The molecule has 0 saturated heterocycles. The Hall–Kier alpha value is -1.35. The van der Waals surface area contributed by atoms with Gasteiger partial charge in [0.2, 0.25) is 0 Å². The highest BCUT2D eigenvalue weighted by molar-refractivity contribution is 5.76. The molecule has 0 unspecified atom stereocenters. The van der Waals surface area contributed by atoms with Crippen LogP contribution in [0.4, 0.5) is 35.1 Å². The van der Waals surface area contributed by atoms with Gasteiger partial charge in [-0.25, -0.2) is 4.79 Å². The predicted octanol–water partition coefficient (Wildman–Crippen LogP) is 2.76. The molecule has 0 radical (unpaired) electrons. The van der Waals surface area contributed by atoms with E-state index in [1.54, 1.807) is 0 Å². The van der Waals surface area contributed by atoms with Crippen LogP contribution in [0.15, 0.2) is 11.9 Å². The number of ether oxygens (including phenoxy) is 1. The van der Waals surface area contributed by atoms with E-state index in [-0.39, 0.29) is 0 Å². The Bertz CT molecular complexity index is 286. The van der Waals surface area contributed by atoms with Crippen molar-refractivity contribution < 1.29 is 44.7 Å². The van der Waals surface area contributed by atoms with E-state index in [0.717, 1.165) is 0 Å². The maximum Gasteiger partial charge on any atom is 0.491 e. The maximum atomic E-state index is 12.0. The lowest BCUT2D eigenvalue weighted by atomic mass is 10.5. The summed E-state index contributed by atoms with van der Waals surface area (Å²) in [6.07, 6.45) is -15.1. The second-order valence-electron chi connectivity index (χ2n) is 1.98. The van der Waals surface area contributed by atoms with Crippen LogP contribution in [0.2, 0.25) is 0 Å². The smallest absolute Gasteiger partial charge is 0.388 e. The molecule has 0 saturated carbocycles. The Kier molecular flexibility index (Phi) is 3.66.